The molecule has 1 fully saturated rings. The van der Waals surface area contributed by atoms with Crippen molar-refractivity contribution in [1.29, 1.82) is 26.3 Å². The van der Waals surface area contributed by atoms with Crippen LogP contribution in [0.15, 0.2) is 16.7 Å². The lowest BCUT2D eigenvalue weighted by Gasteiger charge is -2.10. The molecule has 0 aromatic heterocycles. The van der Waals surface area contributed by atoms with Crippen molar-refractivity contribution < 1.29 is 48.3 Å². The van der Waals surface area contributed by atoms with Gasteiger partial charge in [0, 0.05) is 16.7 Å². The number of nitriles is 5. The first-order valence-electron chi connectivity index (χ1n) is 12.2. The Kier molecular flexibility index (Phi) is 8.41. The van der Waals surface area contributed by atoms with Gasteiger partial charge in [0.1, 0.15) is 52.9 Å². The van der Waals surface area contributed by atoms with Crippen molar-refractivity contribution in [2.45, 2.75) is 13.8 Å². The van der Waals surface area contributed by atoms with E-state index in [1.165, 1.54) is 6.07 Å². The van der Waals surface area contributed by atoms with E-state index in [2.05, 4.69) is 0 Å². The molecule has 1 aliphatic rings. The lowest BCUT2D eigenvalue weighted by molar-refractivity contribution is 0.446. The highest BCUT2D eigenvalue weighted by Crippen LogP contribution is 2.57. The second kappa shape index (κ2) is 11.8. The van der Waals surface area contributed by atoms with Crippen molar-refractivity contribution in [2.75, 3.05) is 0 Å². The zero-order valence-electron chi connectivity index (χ0n) is 22.9. The van der Waals surface area contributed by atoms with Crippen LogP contribution in [0.2, 0.25) is 0 Å². The Morgan fingerprint density at radius 1 is 0.404 bits per heavy atom. The molecule has 16 heteroatoms. The van der Waals surface area contributed by atoms with Gasteiger partial charge in [-0.05, 0) is 30.6 Å². The van der Waals surface area contributed by atoms with Crippen LogP contribution in [0, 0.1) is 128 Å². The number of hydrogen-bond acceptors (Lipinski definition) is 5. The van der Waals surface area contributed by atoms with Crippen molar-refractivity contribution in [3.8, 4) is 30.3 Å². The maximum Gasteiger partial charge on any atom is 0.180 e. The number of nitrogens with zero attached hydrogens (tertiary/aromatic N) is 5. The highest BCUT2D eigenvalue weighted by Gasteiger charge is 2.44. The van der Waals surface area contributed by atoms with E-state index >= 15 is 22.0 Å². The summed E-state index contributed by atoms with van der Waals surface area (Å²) < 4.78 is 163. The topological polar surface area (TPSA) is 119 Å². The molecule has 1 saturated carbocycles. The van der Waals surface area contributed by atoms with E-state index in [0.29, 0.717) is 6.92 Å². The molecule has 3 aromatic rings. The van der Waals surface area contributed by atoms with Crippen molar-refractivity contribution >= 4 is 16.7 Å². The molecule has 232 valence electrons. The average Bonchev–Trinajstić information content (AvgIpc) is 3.77. The smallest absolute Gasteiger partial charge is 0.180 e. The van der Waals surface area contributed by atoms with Gasteiger partial charge < -0.3 is 0 Å². The summed E-state index contributed by atoms with van der Waals surface area (Å²) >= 11 is 0. The normalized spacial score (nSPS) is 15.1. The first-order chi connectivity index (χ1) is 22.1. The second-order valence-corrected chi connectivity index (χ2v) is 9.39. The molecule has 47 heavy (non-hydrogen) atoms. The summed E-state index contributed by atoms with van der Waals surface area (Å²) in [6.07, 6.45) is 0. The fourth-order valence-electron chi connectivity index (χ4n) is 4.84. The molecule has 4 rings (SSSR count). The van der Waals surface area contributed by atoms with Gasteiger partial charge in [-0.1, -0.05) is 0 Å². The van der Waals surface area contributed by atoms with Crippen molar-refractivity contribution in [3.63, 3.8) is 0 Å². The Bertz CT molecular complexity index is 2130. The predicted octanol–water partition coefficient (Wildman–Crippen LogP) is 7.88. The largest absolute Gasteiger partial charge is 0.205 e. The van der Waals surface area contributed by atoms with Gasteiger partial charge in [0.2, 0.25) is 0 Å². The molecule has 0 amide bonds. The number of allylic oxidation sites excluding steroid dienone is 6. The Hall–Kier alpha value is -6.44. The van der Waals surface area contributed by atoms with Gasteiger partial charge in [-0.2, -0.15) is 26.3 Å². The zero-order chi connectivity index (χ0) is 35.4. The summed E-state index contributed by atoms with van der Waals surface area (Å²) in [5, 5.41) is 46.6. The van der Waals surface area contributed by atoms with E-state index in [1.54, 1.807) is 0 Å². The van der Waals surface area contributed by atoms with E-state index < -0.39 is 136 Å². The molecule has 3 aromatic carbocycles. The van der Waals surface area contributed by atoms with Crippen molar-refractivity contribution in [1.82, 2.24) is 0 Å². The third kappa shape index (κ3) is 4.65. The van der Waals surface area contributed by atoms with E-state index in [0.717, 1.165) is 31.2 Å². The minimum atomic E-state index is -2.38. The lowest BCUT2D eigenvalue weighted by atomic mass is 9.95. The molecule has 0 spiro atoms. The van der Waals surface area contributed by atoms with Gasteiger partial charge in [0.25, 0.3) is 0 Å². The highest BCUT2D eigenvalue weighted by molar-refractivity contribution is 6.10. The third-order valence-electron chi connectivity index (χ3n) is 7.08. The highest BCUT2D eigenvalue weighted by atomic mass is 19.2. The monoisotopic (exact) mass is 657 g/mol. The first kappa shape index (κ1) is 33.5. The molecular formula is C31H6F11N5. The van der Waals surface area contributed by atoms with Crippen LogP contribution in [0.5, 0.6) is 0 Å². The fraction of sp³-hybridized carbons (Fsp3) is 0.0645. The van der Waals surface area contributed by atoms with Crippen LogP contribution < -0.4 is 0 Å². The summed E-state index contributed by atoms with van der Waals surface area (Å²) in [6.45, 7) is 1.38. The fourth-order valence-corrected chi connectivity index (χ4v) is 4.84. The van der Waals surface area contributed by atoms with Crippen LogP contribution >= 0.6 is 0 Å². The zero-order valence-corrected chi connectivity index (χ0v) is 22.9. The van der Waals surface area contributed by atoms with E-state index in [1.807, 2.05) is 0 Å². The van der Waals surface area contributed by atoms with Crippen molar-refractivity contribution in [2.24, 2.45) is 0 Å². The number of benzene rings is 3. The van der Waals surface area contributed by atoms with Gasteiger partial charge in [-0.15, -0.1) is 0 Å². The van der Waals surface area contributed by atoms with Crippen LogP contribution in [0.4, 0.5) is 48.3 Å². The quantitative estimate of drug-likeness (QED) is 0.161. The number of rotatable bonds is 3. The standard InChI is InChI=1S/C31H6F11N5/c1-8(17-28(39)23(34)13(6-46)24(35)29(17)40)16-18(10(3-43)15-9(2)21(32)12(5-45)22(33)27(15)38)19(16)11(4-44)20-30(41)25(36)14(7-47)26(37)31(20)42/h1-2H3. The molecule has 1 aliphatic carbocycles. The molecule has 0 unspecified atom stereocenters. The molecular weight excluding hydrogens is 651 g/mol. The Labute approximate surface area is 255 Å². The Balaban J connectivity index is 2.33. The molecule has 0 atom stereocenters. The molecule has 0 aliphatic heterocycles. The second-order valence-electron chi connectivity index (χ2n) is 9.39. The molecule has 5 nitrogen and oxygen atoms in total. The molecule has 0 heterocycles. The summed E-state index contributed by atoms with van der Waals surface area (Å²) in [5.41, 5.74) is -17.5. The number of halogens is 11. The first-order valence-corrected chi connectivity index (χ1v) is 12.2. The maximum atomic E-state index is 15.3. The van der Waals surface area contributed by atoms with Crippen LogP contribution in [-0.4, -0.2) is 0 Å². The van der Waals surface area contributed by atoms with Gasteiger partial charge in [0.15, 0.2) is 58.2 Å². The van der Waals surface area contributed by atoms with Crippen molar-refractivity contribution in [3.05, 3.63) is 120 Å². The molecule has 0 bridgehead atoms. The molecule has 0 N–H and O–H groups in total. The van der Waals surface area contributed by atoms with E-state index in [9.17, 15) is 36.9 Å². The number of hydrogen-bond donors (Lipinski definition) is 0. The predicted molar refractivity (Wildman–Crippen MR) is 135 cm³/mol. The van der Waals surface area contributed by atoms with Crippen LogP contribution in [0.1, 0.15) is 45.9 Å². The van der Waals surface area contributed by atoms with Crippen LogP contribution in [0.25, 0.3) is 16.7 Å². The van der Waals surface area contributed by atoms with E-state index in [4.69, 9.17) is 15.8 Å². The summed E-state index contributed by atoms with van der Waals surface area (Å²) in [6, 6.07) is 5.17. The minimum Gasteiger partial charge on any atom is -0.205 e. The Morgan fingerprint density at radius 2 is 0.702 bits per heavy atom. The summed E-state index contributed by atoms with van der Waals surface area (Å²) in [4.78, 5) is 0. The van der Waals surface area contributed by atoms with Crippen LogP contribution in [0.3, 0.4) is 0 Å². The van der Waals surface area contributed by atoms with Gasteiger partial charge in [0.05, 0.1) is 22.3 Å². The Morgan fingerprint density at radius 3 is 1.04 bits per heavy atom. The summed E-state index contributed by atoms with van der Waals surface area (Å²) in [7, 11) is 0. The third-order valence-corrected chi connectivity index (χ3v) is 7.08. The molecule has 0 radical (unpaired) electrons. The van der Waals surface area contributed by atoms with Gasteiger partial charge in [-0.25, -0.2) is 48.3 Å². The maximum absolute atomic E-state index is 15.3. The minimum absolute atomic E-state index is 0.647. The average molecular weight is 657 g/mol. The van der Waals surface area contributed by atoms with Crippen LogP contribution in [-0.2, 0) is 0 Å². The SMILES string of the molecule is CC(=C1C(=C(C#N)c2c(C)c(F)c(C#N)c(F)c2F)C1=C(C#N)c1c(F)c(F)c(C#N)c(F)c1F)c1c(F)c(F)c(C#N)c(F)c1F. The van der Waals surface area contributed by atoms with E-state index in [-0.39, 0.29) is 0 Å². The molecule has 0 saturated heterocycles. The lowest BCUT2D eigenvalue weighted by Crippen LogP contribution is -2.06. The van der Waals surface area contributed by atoms with Gasteiger partial charge in [-0.3, -0.25) is 0 Å². The van der Waals surface area contributed by atoms with Gasteiger partial charge >= 0.3 is 0 Å². The summed E-state index contributed by atoms with van der Waals surface area (Å²) in [5.74, 6) is -24.3.